The largest absolute Gasteiger partial charge is 0.487 e. The maximum Gasteiger partial charge on any atom is 0.264 e. The summed E-state index contributed by atoms with van der Waals surface area (Å²) >= 11 is 0. The lowest BCUT2D eigenvalue weighted by molar-refractivity contribution is 0.0545. The molecule has 2 aromatic heterocycles. The standard InChI is InChI=1S/C36H44N6O5S/c1-8-25(4)47-28-19-37-31(38-20-28)21-42-27(15-16-36(5,6)7)22-46-32-18-30(33-23(2)11-9-12-24(33)3)39-35(40-32)41-48(44,45)29-14-10-13-26(17-29)34(42)43/h9-14,17-20,25,27H,8,15-16,21-22H2,1-7H3,(H,39,40,41)/t25-,27+/m0/s1. The zero-order valence-corrected chi connectivity index (χ0v) is 29.5. The van der Waals surface area contributed by atoms with Crippen molar-refractivity contribution in [2.75, 3.05) is 11.3 Å². The molecule has 4 bridgehead atoms. The first-order valence-electron chi connectivity index (χ1n) is 16.2. The van der Waals surface area contributed by atoms with E-state index in [1.54, 1.807) is 35.5 Å². The maximum absolute atomic E-state index is 14.4. The zero-order valence-electron chi connectivity index (χ0n) is 28.6. The number of carbonyl (C=O) groups excluding carboxylic acids is 1. The van der Waals surface area contributed by atoms with Crippen LogP contribution in [0.1, 0.15) is 81.2 Å². The van der Waals surface area contributed by atoms with Gasteiger partial charge >= 0.3 is 0 Å². The van der Waals surface area contributed by atoms with Crippen molar-refractivity contribution < 1.29 is 22.7 Å². The number of ether oxygens (including phenoxy) is 2. The fourth-order valence-corrected chi connectivity index (χ4v) is 6.45. The molecule has 1 amide bonds. The number of nitrogens with zero attached hydrogens (tertiary/aromatic N) is 5. The lowest BCUT2D eigenvalue weighted by Crippen LogP contribution is -2.44. The first-order valence-corrected chi connectivity index (χ1v) is 17.7. The van der Waals surface area contributed by atoms with Crippen LogP contribution in [0, 0.1) is 19.3 Å². The fourth-order valence-electron chi connectivity index (χ4n) is 5.46. The molecule has 11 nitrogen and oxygen atoms in total. The third-order valence-electron chi connectivity index (χ3n) is 8.32. The number of hydrogen-bond donors (Lipinski definition) is 1. The van der Waals surface area contributed by atoms with Gasteiger partial charge < -0.3 is 14.4 Å². The van der Waals surface area contributed by atoms with Gasteiger partial charge in [-0.3, -0.25) is 4.79 Å². The summed E-state index contributed by atoms with van der Waals surface area (Å²) < 4.78 is 42.0. The molecule has 12 heteroatoms. The van der Waals surface area contributed by atoms with Crippen LogP contribution in [0.25, 0.3) is 11.3 Å². The normalized spacial score (nSPS) is 16.9. The lowest BCUT2D eigenvalue weighted by atomic mass is 9.88. The summed E-state index contributed by atoms with van der Waals surface area (Å²) in [6.07, 6.45) is 5.44. The van der Waals surface area contributed by atoms with E-state index in [4.69, 9.17) is 9.47 Å². The van der Waals surface area contributed by atoms with Crippen LogP contribution in [-0.4, -0.2) is 57.9 Å². The maximum atomic E-state index is 14.4. The summed E-state index contributed by atoms with van der Waals surface area (Å²) in [6, 6.07) is 13.1. The van der Waals surface area contributed by atoms with Crippen LogP contribution in [-0.2, 0) is 16.6 Å². The number of hydrogen-bond acceptors (Lipinski definition) is 9. The summed E-state index contributed by atoms with van der Waals surface area (Å²) in [7, 11) is -4.18. The Labute approximate surface area is 283 Å². The highest BCUT2D eigenvalue weighted by atomic mass is 32.2. The van der Waals surface area contributed by atoms with Crippen LogP contribution in [0.15, 0.2) is 65.8 Å². The van der Waals surface area contributed by atoms with Gasteiger partial charge in [-0.25, -0.2) is 28.1 Å². The Morgan fingerprint density at radius 1 is 1.04 bits per heavy atom. The van der Waals surface area contributed by atoms with E-state index in [1.165, 1.54) is 12.1 Å². The second-order valence-electron chi connectivity index (χ2n) is 13.5. The molecule has 2 atom stereocenters. The SMILES string of the molecule is CC[C@H](C)Oc1cnc(CN2C(=O)c3cccc(c3)S(=O)(=O)Nc3nc(cc(-c4c(C)cccc4C)n3)OC[C@H]2CCC(C)(C)C)nc1. The number of anilines is 1. The summed E-state index contributed by atoms with van der Waals surface area (Å²) in [6.45, 7) is 14.5. The number of aromatic nitrogens is 4. The minimum Gasteiger partial charge on any atom is -0.487 e. The Kier molecular flexibility index (Phi) is 10.3. The lowest BCUT2D eigenvalue weighted by Gasteiger charge is -2.33. The predicted molar refractivity (Wildman–Crippen MR) is 184 cm³/mol. The van der Waals surface area contributed by atoms with Crippen molar-refractivity contribution in [3.8, 4) is 22.9 Å². The average molecular weight is 673 g/mol. The van der Waals surface area contributed by atoms with Gasteiger partial charge in [0.25, 0.3) is 15.9 Å². The molecule has 2 aromatic carbocycles. The van der Waals surface area contributed by atoms with Gasteiger partial charge in [0, 0.05) is 17.2 Å². The molecule has 0 saturated carbocycles. The molecule has 254 valence electrons. The smallest absolute Gasteiger partial charge is 0.264 e. The Bertz CT molecular complexity index is 1850. The number of carbonyl (C=O) groups is 1. The molecule has 5 rings (SSSR count). The van der Waals surface area contributed by atoms with E-state index >= 15 is 0 Å². The fraction of sp³-hybridized carbons (Fsp3) is 0.417. The Morgan fingerprint density at radius 2 is 1.73 bits per heavy atom. The third-order valence-corrected chi connectivity index (χ3v) is 9.64. The number of benzene rings is 2. The van der Waals surface area contributed by atoms with Crippen molar-refractivity contribution in [1.29, 1.82) is 0 Å². The molecule has 0 aliphatic carbocycles. The molecule has 1 aliphatic rings. The van der Waals surface area contributed by atoms with Crippen LogP contribution in [0.3, 0.4) is 0 Å². The summed E-state index contributed by atoms with van der Waals surface area (Å²) in [5, 5.41) is 0. The van der Waals surface area contributed by atoms with E-state index in [0.29, 0.717) is 23.7 Å². The molecule has 0 unspecified atom stereocenters. The summed E-state index contributed by atoms with van der Waals surface area (Å²) in [4.78, 5) is 34.0. The Balaban J connectivity index is 1.61. The van der Waals surface area contributed by atoms with Gasteiger partial charge in [0.15, 0.2) is 5.75 Å². The van der Waals surface area contributed by atoms with Crippen molar-refractivity contribution in [3.05, 3.63) is 83.4 Å². The van der Waals surface area contributed by atoms with Crippen molar-refractivity contribution in [2.24, 2.45) is 5.41 Å². The van der Waals surface area contributed by atoms with E-state index in [1.807, 2.05) is 45.9 Å². The summed E-state index contributed by atoms with van der Waals surface area (Å²) in [5.74, 6) is 0.643. The molecular weight excluding hydrogens is 628 g/mol. The third kappa shape index (κ3) is 8.46. The minimum atomic E-state index is -4.18. The van der Waals surface area contributed by atoms with Gasteiger partial charge in [-0.1, -0.05) is 52.0 Å². The molecule has 0 saturated heterocycles. The number of fused-ring (bicyclic) bond motifs is 4. The number of nitrogens with one attached hydrogen (secondary N) is 1. The monoisotopic (exact) mass is 672 g/mol. The van der Waals surface area contributed by atoms with E-state index in [9.17, 15) is 13.2 Å². The molecule has 0 fully saturated rings. The van der Waals surface area contributed by atoms with Crippen molar-refractivity contribution in [3.63, 3.8) is 0 Å². The van der Waals surface area contributed by atoms with Gasteiger partial charge in [-0.2, -0.15) is 4.98 Å². The minimum absolute atomic E-state index is 0.00897. The van der Waals surface area contributed by atoms with E-state index in [-0.39, 0.29) is 52.9 Å². The van der Waals surface area contributed by atoms with Gasteiger partial charge in [0.2, 0.25) is 11.8 Å². The summed E-state index contributed by atoms with van der Waals surface area (Å²) in [5.41, 5.74) is 3.49. The number of aryl methyl sites for hydroxylation is 2. The Hall–Kier alpha value is -4.58. The highest BCUT2D eigenvalue weighted by molar-refractivity contribution is 7.92. The quantitative estimate of drug-likeness (QED) is 0.215. The number of sulfonamides is 1. The van der Waals surface area contributed by atoms with E-state index < -0.39 is 16.1 Å². The molecule has 48 heavy (non-hydrogen) atoms. The van der Waals surface area contributed by atoms with Gasteiger partial charge in [-0.15, -0.1) is 0 Å². The molecule has 3 heterocycles. The molecular formula is C36H44N6O5S. The van der Waals surface area contributed by atoms with Crippen molar-refractivity contribution in [2.45, 2.75) is 91.3 Å². The molecule has 0 spiro atoms. The highest BCUT2D eigenvalue weighted by Crippen LogP contribution is 2.31. The molecule has 4 aromatic rings. The molecule has 1 N–H and O–H groups in total. The van der Waals surface area contributed by atoms with E-state index in [0.717, 1.165) is 29.5 Å². The van der Waals surface area contributed by atoms with Crippen LogP contribution >= 0.6 is 0 Å². The van der Waals surface area contributed by atoms with Gasteiger partial charge in [0.1, 0.15) is 12.4 Å². The molecule has 1 aliphatic heterocycles. The van der Waals surface area contributed by atoms with Crippen molar-refractivity contribution in [1.82, 2.24) is 24.8 Å². The Morgan fingerprint density at radius 3 is 2.40 bits per heavy atom. The zero-order chi connectivity index (χ0) is 34.6. The first kappa shape index (κ1) is 34.7. The number of amides is 1. The second kappa shape index (κ2) is 14.3. The number of rotatable bonds is 8. The topological polar surface area (TPSA) is 136 Å². The van der Waals surface area contributed by atoms with Crippen LogP contribution in [0.2, 0.25) is 0 Å². The van der Waals surface area contributed by atoms with E-state index in [2.05, 4.69) is 45.4 Å². The molecule has 0 radical (unpaired) electrons. The second-order valence-corrected chi connectivity index (χ2v) is 15.2. The first-order chi connectivity index (χ1) is 22.7. The van der Waals surface area contributed by atoms with Gasteiger partial charge in [-0.05, 0) is 74.8 Å². The van der Waals surface area contributed by atoms with Gasteiger partial charge in [0.05, 0.1) is 41.7 Å². The van der Waals surface area contributed by atoms with Crippen molar-refractivity contribution >= 4 is 21.9 Å². The average Bonchev–Trinajstić information content (AvgIpc) is 3.03. The van der Waals surface area contributed by atoms with Crippen LogP contribution in [0.4, 0.5) is 5.95 Å². The van der Waals surface area contributed by atoms with Crippen LogP contribution in [0.5, 0.6) is 11.6 Å². The predicted octanol–water partition coefficient (Wildman–Crippen LogP) is 6.76. The van der Waals surface area contributed by atoms with Crippen LogP contribution < -0.4 is 14.2 Å². The highest BCUT2D eigenvalue weighted by Gasteiger charge is 2.30.